The van der Waals surface area contributed by atoms with Crippen LogP contribution in [0.3, 0.4) is 0 Å². The van der Waals surface area contributed by atoms with Crippen molar-refractivity contribution >= 4 is 14.4 Å². The minimum atomic E-state index is 0.580. The molecule has 1 aromatic carbocycles. The molecule has 1 atom stereocenters. The molecule has 0 bridgehead atoms. The average molecular weight is 216 g/mol. The van der Waals surface area contributed by atoms with Crippen LogP contribution >= 0.6 is 8.81 Å². The first-order chi connectivity index (χ1) is 7.45. The highest BCUT2D eigenvalue weighted by atomic mass is 31.1. The molecule has 1 unspecified atom stereocenters. The first-order valence-corrected chi connectivity index (χ1v) is 6.44. The van der Waals surface area contributed by atoms with Crippen molar-refractivity contribution < 1.29 is 4.52 Å². The predicted molar refractivity (Wildman–Crippen MR) is 64.8 cm³/mol. The molecule has 0 radical (unpaired) electrons. The van der Waals surface area contributed by atoms with Crippen LogP contribution in [-0.4, -0.2) is 0 Å². The maximum atomic E-state index is 5.85. The molecule has 0 saturated carbocycles. The summed E-state index contributed by atoms with van der Waals surface area (Å²) >= 11 is 0. The van der Waals surface area contributed by atoms with Gasteiger partial charge in [-0.25, -0.2) is 0 Å². The Morgan fingerprint density at radius 3 is 3.13 bits per heavy atom. The predicted octanol–water partition coefficient (Wildman–Crippen LogP) is 3.87. The molecular weight excluding hydrogens is 203 g/mol. The first kappa shape index (κ1) is 9.18. The third kappa shape index (κ3) is 1.61. The Bertz CT molecular complexity index is 446. The molecule has 1 aromatic rings. The van der Waals surface area contributed by atoms with Gasteiger partial charge in [0.1, 0.15) is 5.76 Å². The van der Waals surface area contributed by atoms with E-state index in [1.54, 1.807) is 0 Å². The van der Waals surface area contributed by atoms with E-state index in [4.69, 9.17) is 4.52 Å². The fourth-order valence-electron chi connectivity index (χ4n) is 2.13. The van der Waals surface area contributed by atoms with Gasteiger partial charge in [-0.05, 0) is 17.5 Å². The Morgan fingerprint density at radius 1 is 1.20 bits per heavy atom. The van der Waals surface area contributed by atoms with Gasteiger partial charge in [0.05, 0.1) is 8.81 Å². The van der Waals surface area contributed by atoms with E-state index in [2.05, 4.69) is 36.4 Å². The Kier molecular flexibility index (Phi) is 2.34. The molecule has 3 rings (SSSR count). The second kappa shape index (κ2) is 3.83. The van der Waals surface area contributed by atoms with Gasteiger partial charge in [0.25, 0.3) is 0 Å². The Labute approximate surface area is 91.7 Å². The molecule has 76 valence electrons. The summed E-state index contributed by atoms with van der Waals surface area (Å²) in [6.07, 6.45) is 7.69. The number of rotatable bonds is 0. The van der Waals surface area contributed by atoms with Crippen molar-refractivity contribution in [2.45, 2.75) is 19.0 Å². The van der Waals surface area contributed by atoms with Crippen molar-refractivity contribution in [3.8, 4) is 0 Å². The lowest BCUT2D eigenvalue weighted by Crippen LogP contribution is -1.95. The van der Waals surface area contributed by atoms with Crippen molar-refractivity contribution in [2.75, 3.05) is 0 Å². The van der Waals surface area contributed by atoms with Crippen LogP contribution in [0.5, 0.6) is 0 Å². The molecule has 1 nitrogen and oxygen atoms in total. The van der Waals surface area contributed by atoms with Crippen LogP contribution in [0.4, 0.5) is 0 Å². The molecule has 0 N–H and O–H groups in total. The van der Waals surface area contributed by atoms with E-state index >= 15 is 0 Å². The zero-order valence-corrected chi connectivity index (χ0v) is 9.49. The fraction of sp³-hybridized carbons (Fsp3) is 0.231. The highest BCUT2D eigenvalue weighted by Gasteiger charge is 2.17. The maximum absolute atomic E-state index is 5.85. The summed E-state index contributed by atoms with van der Waals surface area (Å²) in [5, 5.41) is 0. The summed E-state index contributed by atoms with van der Waals surface area (Å²) in [4.78, 5) is 0. The van der Waals surface area contributed by atoms with E-state index in [-0.39, 0.29) is 0 Å². The van der Waals surface area contributed by atoms with E-state index in [9.17, 15) is 0 Å². The third-order valence-corrected chi connectivity index (χ3v) is 3.80. The molecule has 1 aliphatic carbocycles. The van der Waals surface area contributed by atoms with E-state index in [1.165, 1.54) is 22.5 Å². The second-order valence-corrected chi connectivity index (χ2v) is 4.70. The van der Waals surface area contributed by atoms with E-state index < -0.39 is 0 Å². The van der Waals surface area contributed by atoms with E-state index in [1.807, 2.05) is 0 Å². The molecule has 1 aliphatic heterocycles. The van der Waals surface area contributed by atoms with Crippen molar-refractivity contribution in [2.24, 2.45) is 0 Å². The Hall–Kier alpha value is -1.07. The zero-order chi connectivity index (χ0) is 10.1. The molecular formula is C13H13OP. The monoisotopic (exact) mass is 216 g/mol. The zero-order valence-electron chi connectivity index (χ0n) is 8.49. The molecule has 0 aromatic heterocycles. The molecule has 0 amide bonds. The topological polar surface area (TPSA) is 9.23 Å². The second-order valence-electron chi connectivity index (χ2n) is 3.86. The van der Waals surface area contributed by atoms with Gasteiger partial charge >= 0.3 is 0 Å². The summed E-state index contributed by atoms with van der Waals surface area (Å²) in [5.41, 5.74) is 4.10. The number of hydrogen-bond donors (Lipinski definition) is 0. The van der Waals surface area contributed by atoms with Gasteiger partial charge in [-0.2, -0.15) is 0 Å². The smallest absolute Gasteiger partial charge is 0.108 e. The van der Waals surface area contributed by atoms with Crippen molar-refractivity contribution in [3.63, 3.8) is 0 Å². The Balaban J connectivity index is 2.18. The van der Waals surface area contributed by atoms with Crippen LogP contribution in [0.2, 0.25) is 0 Å². The number of fused-ring (bicyclic) bond motifs is 2. The van der Waals surface area contributed by atoms with Crippen LogP contribution < -0.4 is 0 Å². The number of hydrogen-bond acceptors (Lipinski definition) is 1. The van der Waals surface area contributed by atoms with E-state index in [0.717, 1.165) is 19.0 Å². The average Bonchev–Trinajstić information content (AvgIpc) is 2.48. The molecule has 0 fully saturated rings. The number of allylic oxidation sites excluding steroid dienone is 4. The standard InChI is InChI=1S/C13H13OP/c1-2-6-11-10(5-1)9-15-14-13-8-4-3-7-12(11)13/h1-3,5-7,15H,4,8-9H2. The molecule has 0 spiro atoms. The van der Waals surface area contributed by atoms with Gasteiger partial charge in [0.2, 0.25) is 0 Å². The van der Waals surface area contributed by atoms with Gasteiger partial charge < -0.3 is 4.52 Å². The van der Waals surface area contributed by atoms with Crippen molar-refractivity contribution in [3.05, 3.63) is 53.3 Å². The summed E-state index contributed by atoms with van der Waals surface area (Å²) < 4.78 is 5.85. The summed E-state index contributed by atoms with van der Waals surface area (Å²) in [5.74, 6) is 1.20. The lowest BCUT2D eigenvalue weighted by molar-refractivity contribution is 0.460. The van der Waals surface area contributed by atoms with E-state index in [0.29, 0.717) is 8.81 Å². The van der Waals surface area contributed by atoms with Gasteiger partial charge in [0, 0.05) is 18.2 Å². The summed E-state index contributed by atoms with van der Waals surface area (Å²) in [7, 11) is 0.580. The van der Waals surface area contributed by atoms with Gasteiger partial charge in [-0.15, -0.1) is 0 Å². The van der Waals surface area contributed by atoms with Crippen LogP contribution in [0.25, 0.3) is 5.57 Å². The van der Waals surface area contributed by atoms with Gasteiger partial charge in [-0.3, -0.25) is 0 Å². The minimum absolute atomic E-state index is 0.580. The van der Waals surface area contributed by atoms with Crippen molar-refractivity contribution in [1.82, 2.24) is 0 Å². The normalized spacial score (nSPS) is 20.5. The fourth-order valence-corrected chi connectivity index (χ4v) is 3.05. The third-order valence-electron chi connectivity index (χ3n) is 2.89. The summed E-state index contributed by atoms with van der Waals surface area (Å²) in [6, 6.07) is 8.64. The lowest BCUT2D eigenvalue weighted by atomic mass is 9.95. The quantitative estimate of drug-likeness (QED) is 0.598. The highest BCUT2D eigenvalue weighted by molar-refractivity contribution is 7.31. The largest absolute Gasteiger partial charge is 0.481 e. The SMILES string of the molecule is C1=CC2=C(CC1)OPCc1ccccc12. The number of benzene rings is 1. The highest BCUT2D eigenvalue weighted by Crippen LogP contribution is 2.39. The Morgan fingerprint density at radius 2 is 2.13 bits per heavy atom. The first-order valence-electron chi connectivity index (χ1n) is 5.33. The molecule has 1 heterocycles. The van der Waals surface area contributed by atoms with Crippen LogP contribution in [0.15, 0.2) is 42.2 Å². The minimum Gasteiger partial charge on any atom is -0.481 e. The molecule has 2 aliphatic rings. The molecule has 2 heteroatoms. The van der Waals surface area contributed by atoms with Gasteiger partial charge in [0.15, 0.2) is 0 Å². The summed E-state index contributed by atoms with van der Waals surface area (Å²) in [6.45, 7) is 0. The van der Waals surface area contributed by atoms with Gasteiger partial charge in [-0.1, -0.05) is 36.4 Å². The lowest BCUT2D eigenvalue weighted by Gasteiger charge is -2.14. The molecule has 15 heavy (non-hydrogen) atoms. The van der Waals surface area contributed by atoms with Crippen LogP contribution in [-0.2, 0) is 10.7 Å². The van der Waals surface area contributed by atoms with Crippen molar-refractivity contribution in [1.29, 1.82) is 0 Å². The van der Waals surface area contributed by atoms with Crippen LogP contribution in [0, 0.1) is 0 Å². The maximum Gasteiger partial charge on any atom is 0.108 e. The van der Waals surface area contributed by atoms with Crippen LogP contribution in [0.1, 0.15) is 24.0 Å². The molecule has 0 saturated heterocycles.